The summed E-state index contributed by atoms with van der Waals surface area (Å²) >= 11 is 0. The summed E-state index contributed by atoms with van der Waals surface area (Å²) in [4.78, 5) is 24.3. The largest absolute Gasteiger partial charge is 0.481 e. The third-order valence-corrected chi connectivity index (χ3v) is 3.03. The molecule has 0 saturated carbocycles. The summed E-state index contributed by atoms with van der Waals surface area (Å²) in [5.41, 5.74) is 2.40. The maximum atomic E-state index is 11.7. The van der Waals surface area contributed by atoms with E-state index in [4.69, 9.17) is 5.11 Å². The number of carboxylic acid groups (broad SMARTS) is 1. The second-order valence-corrected chi connectivity index (χ2v) is 4.06. The average molecular weight is 219 g/mol. The van der Waals surface area contributed by atoms with Crippen molar-refractivity contribution in [3.05, 3.63) is 29.3 Å². The van der Waals surface area contributed by atoms with Crippen LogP contribution < -0.4 is 4.90 Å². The van der Waals surface area contributed by atoms with Gasteiger partial charge in [-0.25, -0.2) is 0 Å². The van der Waals surface area contributed by atoms with Crippen LogP contribution in [0.1, 0.15) is 23.5 Å². The van der Waals surface area contributed by atoms with E-state index in [1.807, 2.05) is 19.1 Å². The van der Waals surface area contributed by atoms with Crippen LogP contribution in [0.15, 0.2) is 18.2 Å². The monoisotopic (exact) mass is 219 g/mol. The molecule has 1 N–H and O–H groups in total. The highest BCUT2D eigenvalue weighted by Crippen LogP contribution is 2.37. The molecule has 0 aromatic heterocycles. The Morgan fingerprint density at radius 1 is 1.50 bits per heavy atom. The minimum atomic E-state index is -0.937. The predicted octanol–water partition coefficient (Wildman–Crippen LogP) is 1.53. The number of aliphatic carboxylic acids is 1. The average Bonchev–Trinajstić information content (AvgIpc) is 2.22. The fourth-order valence-corrected chi connectivity index (χ4v) is 2.19. The fraction of sp³-hybridized carbons (Fsp3) is 0.333. The van der Waals surface area contributed by atoms with Crippen molar-refractivity contribution in [2.45, 2.75) is 19.3 Å². The minimum Gasteiger partial charge on any atom is -0.481 e. The van der Waals surface area contributed by atoms with Crippen LogP contribution in [0.2, 0.25) is 0 Å². The van der Waals surface area contributed by atoms with Crippen LogP contribution in [0.25, 0.3) is 0 Å². The standard InChI is InChI=1S/C12H13NO3/c1-7-4-3-5-8-9(12(15)16)6-10(14)13(2)11(7)8/h3-5,9H,6H2,1-2H3,(H,15,16)/t9-/m1/s1. The quantitative estimate of drug-likeness (QED) is 0.779. The summed E-state index contributed by atoms with van der Waals surface area (Å²) in [6.45, 7) is 1.88. The Labute approximate surface area is 93.5 Å². The Bertz CT molecular complexity index is 467. The number of amides is 1. The molecule has 0 unspecified atom stereocenters. The molecule has 1 amide bonds. The Morgan fingerprint density at radius 2 is 2.19 bits per heavy atom. The van der Waals surface area contributed by atoms with E-state index in [0.29, 0.717) is 0 Å². The third kappa shape index (κ3) is 1.46. The molecule has 0 radical (unpaired) electrons. The van der Waals surface area contributed by atoms with Crippen LogP contribution in [-0.4, -0.2) is 24.0 Å². The summed E-state index contributed by atoms with van der Waals surface area (Å²) in [6, 6.07) is 5.49. The molecule has 16 heavy (non-hydrogen) atoms. The number of anilines is 1. The first-order chi connectivity index (χ1) is 7.52. The lowest BCUT2D eigenvalue weighted by atomic mass is 9.88. The summed E-state index contributed by atoms with van der Waals surface area (Å²) in [5.74, 6) is -1.79. The number of fused-ring (bicyclic) bond motifs is 1. The van der Waals surface area contributed by atoms with Crippen molar-refractivity contribution in [1.29, 1.82) is 0 Å². The summed E-state index contributed by atoms with van der Waals surface area (Å²) in [6.07, 6.45) is 0.0439. The molecule has 1 aliphatic rings. The van der Waals surface area contributed by atoms with Gasteiger partial charge in [0, 0.05) is 13.5 Å². The van der Waals surface area contributed by atoms with Gasteiger partial charge >= 0.3 is 5.97 Å². The fourth-order valence-electron chi connectivity index (χ4n) is 2.19. The van der Waals surface area contributed by atoms with Gasteiger partial charge in [-0.1, -0.05) is 18.2 Å². The zero-order chi connectivity index (χ0) is 11.9. The highest BCUT2D eigenvalue weighted by molar-refractivity contribution is 6.01. The molecule has 4 heteroatoms. The minimum absolute atomic E-state index is 0.0439. The maximum absolute atomic E-state index is 11.7. The molecule has 1 aromatic carbocycles. The van der Waals surface area contributed by atoms with Crippen LogP contribution in [-0.2, 0) is 9.59 Å². The molecular formula is C12H13NO3. The third-order valence-electron chi connectivity index (χ3n) is 3.03. The molecule has 1 atom stereocenters. The van der Waals surface area contributed by atoms with Crippen LogP contribution >= 0.6 is 0 Å². The number of aryl methyl sites for hydroxylation is 1. The number of carbonyl (C=O) groups excluding carboxylic acids is 1. The number of benzene rings is 1. The van der Waals surface area contributed by atoms with E-state index < -0.39 is 11.9 Å². The predicted molar refractivity (Wildman–Crippen MR) is 59.6 cm³/mol. The molecule has 0 spiro atoms. The van der Waals surface area contributed by atoms with E-state index >= 15 is 0 Å². The van der Waals surface area contributed by atoms with Crippen molar-refractivity contribution in [3.8, 4) is 0 Å². The number of para-hydroxylation sites is 1. The number of rotatable bonds is 1. The number of hydrogen-bond donors (Lipinski definition) is 1. The van der Waals surface area contributed by atoms with Crippen molar-refractivity contribution >= 4 is 17.6 Å². The van der Waals surface area contributed by atoms with Crippen LogP contribution in [0, 0.1) is 6.92 Å². The SMILES string of the molecule is Cc1cccc2c1N(C)C(=O)C[C@H]2C(=O)O. The molecule has 0 fully saturated rings. The van der Waals surface area contributed by atoms with Gasteiger partial charge in [0.15, 0.2) is 0 Å². The topological polar surface area (TPSA) is 57.6 Å². The molecule has 84 valence electrons. The van der Waals surface area contributed by atoms with E-state index in [0.717, 1.165) is 16.8 Å². The van der Waals surface area contributed by atoms with Gasteiger partial charge in [0.05, 0.1) is 11.6 Å². The lowest BCUT2D eigenvalue weighted by Gasteiger charge is -2.31. The molecule has 1 heterocycles. The van der Waals surface area contributed by atoms with Crippen molar-refractivity contribution in [3.63, 3.8) is 0 Å². The first-order valence-corrected chi connectivity index (χ1v) is 5.11. The van der Waals surface area contributed by atoms with E-state index in [-0.39, 0.29) is 12.3 Å². The van der Waals surface area contributed by atoms with Gasteiger partial charge in [-0.15, -0.1) is 0 Å². The van der Waals surface area contributed by atoms with Gasteiger partial charge < -0.3 is 10.0 Å². The maximum Gasteiger partial charge on any atom is 0.311 e. The lowest BCUT2D eigenvalue weighted by molar-refractivity contribution is -0.140. The van der Waals surface area contributed by atoms with E-state index in [9.17, 15) is 9.59 Å². The van der Waals surface area contributed by atoms with E-state index in [2.05, 4.69) is 0 Å². The molecule has 0 bridgehead atoms. The van der Waals surface area contributed by atoms with E-state index in [1.54, 1.807) is 18.0 Å². The highest BCUT2D eigenvalue weighted by Gasteiger charge is 2.34. The van der Waals surface area contributed by atoms with Gasteiger partial charge in [-0.3, -0.25) is 9.59 Å². The van der Waals surface area contributed by atoms with Gasteiger partial charge in [-0.05, 0) is 18.1 Å². The van der Waals surface area contributed by atoms with Crippen molar-refractivity contribution in [2.75, 3.05) is 11.9 Å². The number of nitrogens with zero attached hydrogens (tertiary/aromatic N) is 1. The summed E-state index contributed by atoms with van der Waals surface area (Å²) in [7, 11) is 1.69. The first kappa shape index (κ1) is 10.7. The van der Waals surface area contributed by atoms with Crippen molar-refractivity contribution in [1.82, 2.24) is 0 Å². The van der Waals surface area contributed by atoms with Gasteiger partial charge in [0.2, 0.25) is 5.91 Å². The molecule has 0 aliphatic carbocycles. The molecule has 0 saturated heterocycles. The zero-order valence-corrected chi connectivity index (χ0v) is 9.23. The van der Waals surface area contributed by atoms with Crippen LogP contribution in [0.3, 0.4) is 0 Å². The number of carboxylic acids is 1. The first-order valence-electron chi connectivity index (χ1n) is 5.11. The normalized spacial score (nSPS) is 19.5. The Kier molecular flexibility index (Phi) is 2.42. The van der Waals surface area contributed by atoms with Crippen LogP contribution in [0.5, 0.6) is 0 Å². The second kappa shape index (κ2) is 3.63. The Hall–Kier alpha value is -1.84. The second-order valence-electron chi connectivity index (χ2n) is 4.06. The van der Waals surface area contributed by atoms with Crippen molar-refractivity contribution in [2.24, 2.45) is 0 Å². The molecule has 1 aliphatic heterocycles. The Balaban J connectivity index is 2.62. The summed E-state index contributed by atoms with van der Waals surface area (Å²) in [5, 5.41) is 9.11. The highest BCUT2D eigenvalue weighted by atomic mass is 16.4. The lowest BCUT2D eigenvalue weighted by Crippen LogP contribution is -2.36. The molecular weight excluding hydrogens is 206 g/mol. The van der Waals surface area contributed by atoms with Crippen molar-refractivity contribution < 1.29 is 14.7 Å². The molecule has 1 aromatic rings. The van der Waals surface area contributed by atoms with Gasteiger partial charge in [0.1, 0.15) is 0 Å². The molecule has 2 rings (SSSR count). The molecule has 4 nitrogen and oxygen atoms in total. The Morgan fingerprint density at radius 3 is 2.81 bits per heavy atom. The number of carbonyl (C=O) groups is 2. The van der Waals surface area contributed by atoms with Crippen LogP contribution in [0.4, 0.5) is 5.69 Å². The van der Waals surface area contributed by atoms with Gasteiger partial charge in [0.25, 0.3) is 0 Å². The zero-order valence-electron chi connectivity index (χ0n) is 9.23. The smallest absolute Gasteiger partial charge is 0.311 e. The number of hydrogen-bond acceptors (Lipinski definition) is 2. The van der Waals surface area contributed by atoms with Gasteiger partial charge in [-0.2, -0.15) is 0 Å². The van der Waals surface area contributed by atoms with E-state index in [1.165, 1.54) is 0 Å². The summed E-state index contributed by atoms with van der Waals surface area (Å²) < 4.78 is 0.